The van der Waals surface area contributed by atoms with Crippen LogP contribution < -0.4 is 4.74 Å². The minimum Gasteiger partial charge on any atom is -0.496 e. The SMILES string of the molecule is COc1ccc(-n2cnnn2)cc1-c1ccc(C=O)o1. The van der Waals surface area contributed by atoms with Crippen molar-refractivity contribution in [2.75, 3.05) is 7.11 Å². The van der Waals surface area contributed by atoms with Crippen molar-refractivity contribution in [3.05, 3.63) is 42.4 Å². The fourth-order valence-electron chi connectivity index (χ4n) is 1.87. The lowest BCUT2D eigenvalue weighted by molar-refractivity contribution is 0.110. The Morgan fingerprint density at radius 1 is 1.30 bits per heavy atom. The number of rotatable bonds is 4. The molecule has 0 aliphatic heterocycles. The van der Waals surface area contributed by atoms with Crippen molar-refractivity contribution in [2.45, 2.75) is 0 Å². The number of carbonyl (C=O) groups excluding carboxylic acids is 1. The molecule has 2 heterocycles. The Kier molecular flexibility index (Phi) is 3.00. The number of nitrogens with zero attached hydrogens (tertiary/aromatic N) is 4. The minimum atomic E-state index is 0.259. The van der Waals surface area contributed by atoms with Crippen molar-refractivity contribution in [2.24, 2.45) is 0 Å². The van der Waals surface area contributed by atoms with Crippen LogP contribution >= 0.6 is 0 Å². The van der Waals surface area contributed by atoms with E-state index in [9.17, 15) is 4.79 Å². The van der Waals surface area contributed by atoms with Crippen LogP contribution in [-0.4, -0.2) is 33.6 Å². The molecule has 0 N–H and O–H groups in total. The second kappa shape index (κ2) is 4.96. The molecule has 0 fully saturated rings. The number of hydrogen-bond acceptors (Lipinski definition) is 6. The average molecular weight is 270 g/mol. The van der Waals surface area contributed by atoms with Crippen molar-refractivity contribution < 1.29 is 13.9 Å². The van der Waals surface area contributed by atoms with Crippen molar-refractivity contribution >= 4 is 6.29 Å². The van der Waals surface area contributed by atoms with Gasteiger partial charge in [-0.05, 0) is 40.8 Å². The van der Waals surface area contributed by atoms with E-state index in [0.29, 0.717) is 23.4 Å². The van der Waals surface area contributed by atoms with E-state index in [1.807, 2.05) is 12.1 Å². The summed E-state index contributed by atoms with van der Waals surface area (Å²) in [6, 6.07) is 8.75. The lowest BCUT2D eigenvalue weighted by atomic mass is 10.1. The molecule has 0 aliphatic rings. The Hall–Kier alpha value is -2.96. The Balaban J connectivity index is 2.12. The zero-order valence-electron chi connectivity index (χ0n) is 10.6. The summed E-state index contributed by atoms with van der Waals surface area (Å²) >= 11 is 0. The molecule has 3 aromatic rings. The summed E-state index contributed by atoms with van der Waals surface area (Å²) in [5, 5.41) is 11.0. The van der Waals surface area contributed by atoms with Gasteiger partial charge in [0.25, 0.3) is 0 Å². The molecule has 2 aromatic heterocycles. The van der Waals surface area contributed by atoms with E-state index < -0.39 is 0 Å². The summed E-state index contributed by atoms with van der Waals surface area (Å²) in [5.41, 5.74) is 1.48. The van der Waals surface area contributed by atoms with Crippen LogP contribution in [0, 0.1) is 0 Å². The normalized spacial score (nSPS) is 10.4. The molecule has 0 saturated heterocycles. The molecular weight excluding hydrogens is 260 g/mol. The summed E-state index contributed by atoms with van der Waals surface area (Å²) < 4.78 is 12.3. The van der Waals surface area contributed by atoms with Crippen LogP contribution in [0.15, 0.2) is 41.1 Å². The molecule has 0 aliphatic carbocycles. The number of hydrogen-bond donors (Lipinski definition) is 0. The lowest BCUT2D eigenvalue weighted by Crippen LogP contribution is -1.96. The second-order valence-corrected chi connectivity index (χ2v) is 3.96. The van der Waals surface area contributed by atoms with E-state index in [2.05, 4.69) is 15.5 Å². The standard InChI is InChI=1S/C13H10N4O3/c1-19-12-4-2-9(17-8-14-15-16-17)6-11(12)13-5-3-10(7-18)20-13/h2-8H,1H3. The number of ether oxygens (including phenoxy) is 1. The third-order valence-electron chi connectivity index (χ3n) is 2.81. The van der Waals surface area contributed by atoms with Crippen LogP contribution in [-0.2, 0) is 0 Å². The van der Waals surface area contributed by atoms with E-state index in [0.717, 1.165) is 5.69 Å². The van der Waals surface area contributed by atoms with E-state index in [4.69, 9.17) is 9.15 Å². The van der Waals surface area contributed by atoms with Gasteiger partial charge in [-0.1, -0.05) is 0 Å². The van der Waals surface area contributed by atoms with Crippen LogP contribution in [0.2, 0.25) is 0 Å². The summed E-state index contributed by atoms with van der Waals surface area (Å²) in [4.78, 5) is 10.7. The topological polar surface area (TPSA) is 83.0 Å². The van der Waals surface area contributed by atoms with Crippen molar-refractivity contribution in [3.8, 4) is 22.8 Å². The largest absolute Gasteiger partial charge is 0.496 e. The van der Waals surface area contributed by atoms with Gasteiger partial charge in [-0.25, -0.2) is 4.68 Å². The maximum atomic E-state index is 10.7. The van der Waals surface area contributed by atoms with Gasteiger partial charge in [0.05, 0.1) is 18.4 Å². The second-order valence-electron chi connectivity index (χ2n) is 3.96. The summed E-state index contributed by atoms with van der Waals surface area (Å²) in [6.45, 7) is 0. The van der Waals surface area contributed by atoms with Gasteiger partial charge in [0.1, 0.15) is 17.8 Å². The van der Waals surface area contributed by atoms with Gasteiger partial charge in [0, 0.05) is 0 Å². The number of furan rings is 1. The van der Waals surface area contributed by atoms with Gasteiger partial charge in [-0.15, -0.1) is 5.10 Å². The van der Waals surface area contributed by atoms with E-state index in [-0.39, 0.29) is 5.76 Å². The minimum absolute atomic E-state index is 0.259. The van der Waals surface area contributed by atoms with Crippen LogP contribution in [0.25, 0.3) is 17.0 Å². The summed E-state index contributed by atoms with van der Waals surface area (Å²) in [5.74, 6) is 1.43. The molecule has 7 nitrogen and oxygen atoms in total. The van der Waals surface area contributed by atoms with Gasteiger partial charge >= 0.3 is 0 Å². The lowest BCUT2D eigenvalue weighted by Gasteiger charge is -2.08. The first-order valence-corrected chi connectivity index (χ1v) is 5.78. The van der Waals surface area contributed by atoms with Gasteiger partial charge in [0.2, 0.25) is 0 Å². The molecule has 0 unspecified atom stereocenters. The molecule has 7 heteroatoms. The van der Waals surface area contributed by atoms with E-state index in [1.165, 1.54) is 11.0 Å². The highest BCUT2D eigenvalue weighted by Gasteiger charge is 2.12. The number of benzene rings is 1. The molecule has 100 valence electrons. The van der Waals surface area contributed by atoms with Gasteiger partial charge in [-0.2, -0.15) is 0 Å². The van der Waals surface area contributed by atoms with Gasteiger partial charge in [-0.3, -0.25) is 4.79 Å². The van der Waals surface area contributed by atoms with Crippen LogP contribution in [0.1, 0.15) is 10.6 Å². The molecule has 0 atom stereocenters. The molecule has 0 amide bonds. The third kappa shape index (κ3) is 2.05. The zero-order chi connectivity index (χ0) is 13.9. The van der Waals surface area contributed by atoms with Crippen molar-refractivity contribution in [1.29, 1.82) is 0 Å². The van der Waals surface area contributed by atoms with Crippen LogP contribution in [0.5, 0.6) is 5.75 Å². The van der Waals surface area contributed by atoms with Gasteiger partial charge < -0.3 is 9.15 Å². The van der Waals surface area contributed by atoms with E-state index >= 15 is 0 Å². The third-order valence-corrected chi connectivity index (χ3v) is 2.81. The Morgan fingerprint density at radius 3 is 2.85 bits per heavy atom. The molecule has 20 heavy (non-hydrogen) atoms. The fraction of sp³-hybridized carbons (Fsp3) is 0.0769. The molecule has 3 rings (SSSR count). The Bertz CT molecular complexity index is 734. The monoisotopic (exact) mass is 270 g/mol. The predicted octanol–water partition coefficient (Wildman–Crippen LogP) is 1.74. The number of aromatic nitrogens is 4. The van der Waals surface area contributed by atoms with Crippen LogP contribution in [0.4, 0.5) is 0 Å². The predicted molar refractivity (Wildman–Crippen MR) is 68.8 cm³/mol. The van der Waals surface area contributed by atoms with Gasteiger partial charge in [0.15, 0.2) is 12.0 Å². The average Bonchev–Trinajstić information content (AvgIpc) is 3.17. The molecule has 0 radical (unpaired) electrons. The first-order chi connectivity index (χ1) is 9.81. The highest BCUT2D eigenvalue weighted by atomic mass is 16.5. The number of methoxy groups -OCH3 is 1. The quantitative estimate of drug-likeness (QED) is 0.671. The smallest absolute Gasteiger partial charge is 0.185 e. The Morgan fingerprint density at radius 2 is 2.20 bits per heavy atom. The highest BCUT2D eigenvalue weighted by Crippen LogP contribution is 2.32. The molecule has 1 aromatic carbocycles. The van der Waals surface area contributed by atoms with Crippen molar-refractivity contribution in [1.82, 2.24) is 20.2 Å². The number of tetrazole rings is 1. The first kappa shape index (κ1) is 12.1. The van der Waals surface area contributed by atoms with Crippen LogP contribution in [0.3, 0.4) is 0 Å². The Labute approximate surface area is 113 Å². The maximum Gasteiger partial charge on any atom is 0.185 e. The number of aldehydes is 1. The fourth-order valence-corrected chi connectivity index (χ4v) is 1.87. The first-order valence-electron chi connectivity index (χ1n) is 5.78. The molecular formula is C13H10N4O3. The molecule has 0 spiro atoms. The van der Waals surface area contributed by atoms with E-state index in [1.54, 1.807) is 25.3 Å². The summed E-state index contributed by atoms with van der Waals surface area (Å²) in [7, 11) is 1.57. The number of carbonyl (C=O) groups is 1. The molecule has 0 saturated carbocycles. The van der Waals surface area contributed by atoms with Crippen molar-refractivity contribution in [3.63, 3.8) is 0 Å². The maximum absolute atomic E-state index is 10.7. The highest BCUT2D eigenvalue weighted by molar-refractivity contribution is 5.75. The summed E-state index contributed by atoms with van der Waals surface area (Å²) in [6.07, 6.45) is 2.14. The molecule has 0 bridgehead atoms. The zero-order valence-corrected chi connectivity index (χ0v) is 10.6.